The molecule has 1 saturated heterocycles. The highest BCUT2D eigenvalue weighted by molar-refractivity contribution is 6.30. The molecular weight excluding hydrogens is 409 g/mol. The quantitative estimate of drug-likeness (QED) is 0.716. The molecule has 0 radical (unpaired) electrons. The van der Waals surface area contributed by atoms with Gasteiger partial charge in [-0.3, -0.25) is 9.69 Å². The van der Waals surface area contributed by atoms with E-state index in [1.807, 2.05) is 18.2 Å². The third-order valence-corrected chi connectivity index (χ3v) is 5.72. The second-order valence-corrected chi connectivity index (χ2v) is 7.43. The number of carbonyl (C=O) groups is 1. The van der Waals surface area contributed by atoms with Gasteiger partial charge in [-0.1, -0.05) is 30.2 Å². The number of carbonyl (C=O) groups excluding carboxylic acids is 1. The summed E-state index contributed by atoms with van der Waals surface area (Å²) in [4.78, 5) is 15.0. The minimum absolute atomic E-state index is 0. The molecule has 1 unspecified atom stereocenters. The molecule has 1 aliphatic heterocycles. The van der Waals surface area contributed by atoms with Crippen molar-refractivity contribution in [2.45, 2.75) is 25.3 Å². The van der Waals surface area contributed by atoms with E-state index in [1.165, 1.54) is 0 Å². The molecule has 0 bridgehead atoms. The monoisotopic (exact) mass is 437 g/mol. The van der Waals surface area contributed by atoms with Crippen LogP contribution in [-0.2, 0) is 9.53 Å². The largest absolute Gasteiger partial charge is 0.379 e. The number of halogens is 3. The highest BCUT2D eigenvalue weighted by atomic mass is 35.5. The molecule has 1 heterocycles. The Labute approximate surface area is 179 Å². The van der Waals surface area contributed by atoms with E-state index in [9.17, 15) is 4.79 Å². The molecule has 2 fully saturated rings. The number of hydrogen-bond donors (Lipinski definition) is 2. The van der Waals surface area contributed by atoms with Crippen molar-refractivity contribution in [3.63, 3.8) is 0 Å². The first-order valence-corrected chi connectivity index (χ1v) is 9.62. The molecule has 27 heavy (non-hydrogen) atoms. The molecular formula is C19H30Cl3N3O2. The zero-order chi connectivity index (χ0) is 17.6. The van der Waals surface area contributed by atoms with Crippen LogP contribution < -0.4 is 11.1 Å². The van der Waals surface area contributed by atoms with Crippen molar-refractivity contribution in [2.24, 2.45) is 17.6 Å². The number of nitrogens with one attached hydrogen (secondary N) is 1. The fraction of sp³-hybridized carbons (Fsp3) is 0.632. The average Bonchev–Trinajstić information content (AvgIpc) is 3.11. The maximum absolute atomic E-state index is 12.7. The standard InChI is InChI=1S/C19H28ClN3O2.2ClH/c20-16-5-1-3-14(11-16)18(23-7-9-25-10-8-23)13-22-19(24)17-6-2-4-15(17)12-21;;/h1,3,5,11,15,17-18H,2,4,6-10,12-13,21H2,(H,22,24);2*1H/t15-,17-,18?;;/m1../s1. The van der Waals surface area contributed by atoms with Crippen LogP contribution in [0.15, 0.2) is 24.3 Å². The predicted molar refractivity (Wildman–Crippen MR) is 114 cm³/mol. The van der Waals surface area contributed by atoms with E-state index < -0.39 is 0 Å². The third-order valence-electron chi connectivity index (χ3n) is 5.49. The summed E-state index contributed by atoms with van der Waals surface area (Å²) in [5.74, 6) is 0.538. The minimum atomic E-state index is 0. The Kier molecular flexibility index (Phi) is 11.0. The van der Waals surface area contributed by atoms with Gasteiger partial charge in [0.15, 0.2) is 0 Å². The van der Waals surface area contributed by atoms with Crippen molar-refractivity contribution in [1.29, 1.82) is 0 Å². The summed E-state index contributed by atoms with van der Waals surface area (Å²) in [6.07, 6.45) is 3.12. The molecule has 3 rings (SSSR count). The summed E-state index contributed by atoms with van der Waals surface area (Å²) in [5.41, 5.74) is 6.96. The highest BCUT2D eigenvalue weighted by Gasteiger charge is 2.32. The van der Waals surface area contributed by atoms with Gasteiger partial charge in [-0.05, 0) is 43.0 Å². The fourth-order valence-electron chi connectivity index (χ4n) is 4.05. The normalized spacial score (nSPS) is 23.8. The maximum Gasteiger partial charge on any atom is 0.223 e. The molecule has 2 aliphatic rings. The van der Waals surface area contributed by atoms with Crippen molar-refractivity contribution in [1.82, 2.24) is 10.2 Å². The minimum Gasteiger partial charge on any atom is -0.379 e. The van der Waals surface area contributed by atoms with Crippen LogP contribution >= 0.6 is 36.4 Å². The Bertz CT molecular complexity index is 585. The van der Waals surface area contributed by atoms with Gasteiger partial charge in [0.25, 0.3) is 0 Å². The molecule has 1 aromatic carbocycles. The lowest BCUT2D eigenvalue weighted by atomic mass is 9.95. The Morgan fingerprint density at radius 3 is 2.70 bits per heavy atom. The number of nitrogens with two attached hydrogens (primary N) is 1. The summed E-state index contributed by atoms with van der Waals surface area (Å²) < 4.78 is 5.48. The van der Waals surface area contributed by atoms with Crippen LogP contribution in [-0.4, -0.2) is 50.2 Å². The molecule has 1 amide bonds. The van der Waals surface area contributed by atoms with Crippen molar-refractivity contribution in [3.8, 4) is 0 Å². The number of rotatable bonds is 6. The van der Waals surface area contributed by atoms with Crippen molar-refractivity contribution in [3.05, 3.63) is 34.9 Å². The van der Waals surface area contributed by atoms with E-state index in [0.717, 1.165) is 56.2 Å². The number of benzene rings is 1. The number of ether oxygens (including phenoxy) is 1. The molecule has 1 aliphatic carbocycles. The van der Waals surface area contributed by atoms with Gasteiger partial charge in [0.1, 0.15) is 0 Å². The Hall–Kier alpha value is -0.560. The van der Waals surface area contributed by atoms with Crippen LogP contribution in [0.25, 0.3) is 0 Å². The van der Waals surface area contributed by atoms with Gasteiger partial charge in [-0.2, -0.15) is 0 Å². The lowest BCUT2D eigenvalue weighted by Gasteiger charge is -2.35. The Morgan fingerprint density at radius 2 is 2.04 bits per heavy atom. The molecule has 5 nitrogen and oxygen atoms in total. The second kappa shape index (κ2) is 12.1. The molecule has 0 spiro atoms. The lowest BCUT2D eigenvalue weighted by molar-refractivity contribution is -0.126. The molecule has 1 saturated carbocycles. The Balaban J connectivity index is 0.00000182. The number of nitrogens with zero attached hydrogens (tertiary/aromatic N) is 1. The summed E-state index contributed by atoms with van der Waals surface area (Å²) >= 11 is 6.19. The van der Waals surface area contributed by atoms with Crippen LogP contribution in [0, 0.1) is 11.8 Å². The zero-order valence-corrected chi connectivity index (χ0v) is 17.8. The lowest BCUT2D eigenvalue weighted by Crippen LogP contribution is -2.45. The van der Waals surface area contributed by atoms with Crippen molar-refractivity contribution < 1.29 is 9.53 Å². The maximum atomic E-state index is 12.7. The molecule has 3 atom stereocenters. The first-order valence-electron chi connectivity index (χ1n) is 9.24. The predicted octanol–water partition coefficient (Wildman–Crippen LogP) is 3.05. The van der Waals surface area contributed by atoms with Crippen LogP contribution in [0.2, 0.25) is 5.02 Å². The van der Waals surface area contributed by atoms with Crippen LogP contribution in [0.4, 0.5) is 0 Å². The molecule has 154 valence electrons. The van der Waals surface area contributed by atoms with Gasteiger partial charge in [-0.25, -0.2) is 0 Å². The molecule has 1 aromatic rings. The summed E-state index contributed by atoms with van der Waals surface area (Å²) in [7, 11) is 0. The Morgan fingerprint density at radius 1 is 1.30 bits per heavy atom. The average molecular weight is 439 g/mol. The van der Waals surface area contributed by atoms with E-state index in [-0.39, 0.29) is 42.7 Å². The first-order chi connectivity index (χ1) is 12.2. The van der Waals surface area contributed by atoms with Gasteiger partial charge in [0.05, 0.1) is 19.3 Å². The van der Waals surface area contributed by atoms with Gasteiger partial charge in [0.2, 0.25) is 5.91 Å². The highest BCUT2D eigenvalue weighted by Crippen LogP contribution is 2.31. The van der Waals surface area contributed by atoms with Crippen LogP contribution in [0.1, 0.15) is 30.9 Å². The van der Waals surface area contributed by atoms with E-state index >= 15 is 0 Å². The van der Waals surface area contributed by atoms with Crippen LogP contribution in [0.5, 0.6) is 0 Å². The molecule has 3 N–H and O–H groups in total. The summed E-state index contributed by atoms with van der Waals surface area (Å²) in [5, 5.41) is 3.91. The van der Waals surface area contributed by atoms with E-state index in [2.05, 4.69) is 16.3 Å². The molecule has 0 aromatic heterocycles. The smallest absolute Gasteiger partial charge is 0.223 e. The van der Waals surface area contributed by atoms with Gasteiger partial charge < -0.3 is 15.8 Å². The van der Waals surface area contributed by atoms with E-state index in [0.29, 0.717) is 19.0 Å². The SMILES string of the molecule is Cl.Cl.NC[C@H]1CCC[C@H]1C(=O)NCC(c1cccc(Cl)c1)N1CCOCC1. The topological polar surface area (TPSA) is 67.6 Å². The number of hydrogen-bond acceptors (Lipinski definition) is 4. The van der Waals surface area contributed by atoms with Gasteiger partial charge in [0, 0.05) is 30.6 Å². The van der Waals surface area contributed by atoms with Crippen molar-refractivity contribution >= 4 is 42.3 Å². The van der Waals surface area contributed by atoms with Crippen molar-refractivity contribution in [2.75, 3.05) is 39.4 Å². The first kappa shape index (κ1) is 24.5. The van der Waals surface area contributed by atoms with E-state index in [4.69, 9.17) is 22.1 Å². The van der Waals surface area contributed by atoms with Gasteiger partial charge in [-0.15, -0.1) is 24.8 Å². The van der Waals surface area contributed by atoms with E-state index in [1.54, 1.807) is 0 Å². The number of amides is 1. The summed E-state index contributed by atoms with van der Waals surface area (Å²) in [6.45, 7) is 4.36. The fourth-order valence-corrected chi connectivity index (χ4v) is 4.25. The second-order valence-electron chi connectivity index (χ2n) is 7.00. The van der Waals surface area contributed by atoms with Gasteiger partial charge >= 0.3 is 0 Å². The van der Waals surface area contributed by atoms with Crippen LogP contribution in [0.3, 0.4) is 0 Å². The third kappa shape index (κ3) is 6.48. The number of morpholine rings is 1. The molecule has 8 heteroatoms. The summed E-state index contributed by atoms with van der Waals surface area (Å²) in [6, 6.07) is 8.03. The zero-order valence-electron chi connectivity index (χ0n) is 15.4.